The molecule has 2 aliphatic rings. The van der Waals surface area contributed by atoms with Crippen molar-refractivity contribution in [3.63, 3.8) is 0 Å². The van der Waals surface area contributed by atoms with Crippen molar-refractivity contribution in [3.05, 3.63) is 53.6 Å². The first-order chi connectivity index (χ1) is 17.0. The zero-order valence-corrected chi connectivity index (χ0v) is 20.9. The summed E-state index contributed by atoms with van der Waals surface area (Å²) in [6.45, 7) is 5.33. The highest BCUT2D eigenvalue weighted by molar-refractivity contribution is 5.96. The van der Waals surface area contributed by atoms with E-state index >= 15 is 0 Å². The highest BCUT2D eigenvalue weighted by Crippen LogP contribution is 2.38. The third-order valence-corrected chi connectivity index (χ3v) is 6.98. The Balaban J connectivity index is 1.29. The molecule has 0 unspecified atom stereocenters. The monoisotopic (exact) mass is 481 g/mol. The summed E-state index contributed by atoms with van der Waals surface area (Å²) in [4.78, 5) is 32.5. The Morgan fingerprint density at radius 2 is 1.40 bits per heavy atom. The minimum absolute atomic E-state index is 0.0281. The number of benzene rings is 2. The van der Waals surface area contributed by atoms with Gasteiger partial charge in [0, 0.05) is 57.3 Å². The predicted molar refractivity (Wildman–Crippen MR) is 133 cm³/mol. The molecule has 188 valence electrons. The number of methoxy groups -OCH3 is 3. The van der Waals surface area contributed by atoms with Crippen LogP contribution in [-0.4, -0.2) is 87.1 Å². The Morgan fingerprint density at radius 1 is 0.800 bits per heavy atom. The molecule has 0 atom stereocenters. The zero-order chi connectivity index (χ0) is 24.8. The van der Waals surface area contributed by atoms with Crippen LogP contribution in [-0.2, 0) is 11.3 Å². The molecular formula is C27H35N3O5. The number of hydrogen-bond acceptors (Lipinski definition) is 6. The number of carbonyl (C=O) groups is 2. The quantitative estimate of drug-likeness (QED) is 0.606. The number of rotatable bonds is 7. The van der Waals surface area contributed by atoms with Crippen molar-refractivity contribution in [3.8, 4) is 17.2 Å². The van der Waals surface area contributed by atoms with Crippen LogP contribution < -0.4 is 14.2 Å². The van der Waals surface area contributed by atoms with Crippen LogP contribution in [0.5, 0.6) is 17.2 Å². The summed E-state index contributed by atoms with van der Waals surface area (Å²) < 4.78 is 16.1. The molecule has 0 bridgehead atoms. The van der Waals surface area contributed by atoms with Crippen LogP contribution in [0.1, 0.15) is 28.8 Å². The first-order valence-electron chi connectivity index (χ1n) is 12.2. The number of amides is 2. The standard InChI is InChI=1S/C27H35N3O5/c1-33-23-17-22(18-24(34-2)25(23)35-3)27(32)29-11-9-21(10-12-29)26(31)30-15-13-28(14-16-30)19-20-7-5-4-6-8-20/h4-8,17-18,21H,9-16,19H2,1-3H3. The highest BCUT2D eigenvalue weighted by atomic mass is 16.5. The second-order valence-corrected chi connectivity index (χ2v) is 9.07. The molecule has 2 aromatic carbocycles. The van der Waals surface area contributed by atoms with E-state index in [-0.39, 0.29) is 17.7 Å². The van der Waals surface area contributed by atoms with Gasteiger partial charge in [0.25, 0.3) is 5.91 Å². The maximum atomic E-state index is 13.2. The molecule has 0 saturated carbocycles. The van der Waals surface area contributed by atoms with E-state index in [1.165, 1.54) is 26.9 Å². The first-order valence-corrected chi connectivity index (χ1v) is 12.2. The molecule has 0 aromatic heterocycles. The van der Waals surface area contributed by atoms with Crippen molar-refractivity contribution >= 4 is 11.8 Å². The van der Waals surface area contributed by atoms with Crippen LogP contribution in [0.25, 0.3) is 0 Å². The van der Waals surface area contributed by atoms with E-state index < -0.39 is 0 Å². The first kappa shape index (κ1) is 24.9. The summed E-state index contributed by atoms with van der Waals surface area (Å²) in [7, 11) is 4.60. The van der Waals surface area contributed by atoms with Gasteiger partial charge in [-0.1, -0.05) is 30.3 Å². The van der Waals surface area contributed by atoms with E-state index in [9.17, 15) is 9.59 Å². The van der Waals surface area contributed by atoms with Crippen molar-refractivity contribution in [2.24, 2.45) is 5.92 Å². The Kier molecular flexibility index (Phi) is 8.13. The molecule has 8 heteroatoms. The molecule has 4 rings (SSSR count). The van der Waals surface area contributed by atoms with E-state index in [0.717, 1.165) is 32.7 Å². The molecule has 8 nitrogen and oxygen atoms in total. The van der Waals surface area contributed by atoms with E-state index in [2.05, 4.69) is 29.2 Å². The number of hydrogen-bond donors (Lipinski definition) is 0. The Hall–Kier alpha value is -3.26. The summed E-state index contributed by atoms with van der Waals surface area (Å²) in [6.07, 6.45) is 1.36. The maximum absolute atomic E-state index is 13.2. The van der Waals surface area contributed by atoms with Gasteiger partial charge < -0.3 is 24.0 Å². The Labute approximate surface area is 207 Å². The number of ether oxygens (including phenoxy) is 3. The summed E-state index contributed by atoms with van der Waals surface area (Å²) in [6, 6.07) is 13.8. The van der Waals surface area contributed by atoms with Crippen LogP contribution in [0.3, 0.4) is 0 Å². The largest absolute Gasteiger partial charge is 0.493 e. The van der Waals surface area contributed by atoms with Gasteiger partial charge in [0.15, 0.2) is 11.5 Å². The summed E-state index contributed by atoms with van der Waals surface area (Å²) >= 11 is 0. The molecule has 0 N–H and O–H groups in total. The number of piperazine rings is 1. The zero-order valence-electron chi connectivity index (χ0n) is 20.9. The molecular weight excluding hydrogens is 446 g/mol. The lowest BCUT2D eigenvalue weighted by Crippen LogP contribution is -2.51. The van der Waals surface area contributed by atoms with Gasteiger partial charge in [0.2, 0.25) is 11.7 Å². The lowest BCUT2D eigenvalue weighted by atomic mass is 9.94. The van der Waals surface area contributed by atoms with Crippen LogP contribution in [0.15, 0.2) is 42.5 Å². The summed E-state index contributed by atoms with van der Waals surface area (Å²) in [5.41, 5.74) is 1.79. The van der Waals surface area contributed by atoms with Gasteiger partial charge in [-0.3, -0.25) is 14.5 Å². The van der Waals surface area contributed by atoms with Crippen molar-refractivity contribution in [1.82, 2.24) is 14.7 Å². The van der Waals surface area contributed by atoms with Gasteiger partial charge in [-0.05, 0) is 30.5 Å². The van der Waals surface area contributed by atoms with Gasteiger partial charge in [0.05, 0.1) is 21.3 Å². The van der Waals surface area contributed by atoms with E-state index in [1.54, 1.807) is 12.1 Å². The van der Waals surface area contributed by atoms with Gasteiger partial charge >= 0.3 is 0 Å². The molecule has 2 heterocycles. The fourth-order valence-corrected chi connectivity index (χ4v) is 4.94. The number of piperidine rings is 1. The molecule has 2 aromatic rings. The van der Waals surface area contributed by atoms with E-state index in [0.29, 0.717) is 48.7 Å². The number of nitrogens with zero attached hydrogens (tertiary/aromatic N) is 3. The minimum Gasteiger partial charge on any atom is -0.493 e. The van der Waals surface area contributed by atoms with Crippen LogP contribution in [0.2, 0.25) is 0 Å². The number of carbonyl (C=O) groups excluding carboxylic acids is 2. The van der Waals surface area contributed by atoms with Crippen molar-refractivity contribution < 1.29 is 23.8 Å². The van der Waals surface area contributed by atoms with Gasteiger partial charge in [-0.15, -0.1) is 0 Å². The summed E-state index contributed by atoms with van der Waals surface area (Å²) in [5.74, 6) is 1.46. The normalized spacial score (nSPS) is 17.2. The molecule has 0 radical (unpaired) electrons. The average Bonchev–Trinajstić information content (AvgIpc) is 2.92. The van der Waals surface area contributed by atoms with E-state index in [4.69, 9.17) is 14.2 Å². The lowest BCUT2D eigenvalue weighted by Gasteiger charge is -2.38. The summed E-state index contributed by atoms with van der Waals surface area (Å²) in [5, 5.41) is 0. The molecule has 0 aliphatic carbocycles. The fourth-order valence-electron chi connectivity index (χ4n) is 4.94. The van der Waals surface area contributed by atoms with Crippen LogP contribution in [0, 0.1) is 5.92 Å². The number of likely N-dealkylation sites (tertiary alicyclic amines) is 1. The Bertz CT molecular complexity index is 988. The molecule has 2 saturated heterocycles. The van der Waals surface area contributed by atoms with Crippen molar-refractivity contribution in [1.29, 1.82) is 0 Å². The smallest absolute Gasteiger partial charge is 0.254 e. The van der Waals surface area contributed by atoms with Gasteiger partial charge in [-0.25, -0.2) is 0 Å². The molecule has 35 heavy (non-hydrogen) atoms. The van der Waals surface area contributed by atoms with Crippen LogP contribution >= 0.6 is 0 Å². The molecule has 2 amide bonds. The molecule has 2 fully saturated rings. The second kappa shape index (κ2) is 11.4. The molecule has 0 spiro atoms. The van der Waals surface area contributed by atoms with Gasteiger partial charge in [0.1, 0.15) is 0 Å². The fraction of sp³-hybridized carbons (Fsp3) is 0.481. The predicted octanol–water partition coefficient (Wildman–Crippen LogP) is 2.91. The third-order valence-electron chi connectivity index (χ3n) is 6.98. The average molecular weight is 482 g/mol. The maximum Gasteiger partial charge on any atom is 0.254 e. The van der Waals surface area contributed by atoms with Crippen molar-refractivity contribution in [2.75, 3.05) is 60.6 Å². The lowest BCUT2D eigenvalue weighted by molar-refractivity contribution is -0.138. The SMILES string of the molecule is COc1cc(C(=O)N2CCC(C(=O)N3CCN(Cc4ccccc4)CC3)CC2)cc(OC)c1OC. The third kappa shape index (κ3) is 5.70. The molecule has 2 aliphatic heterocycles. The van der Waals surface area contributed by atoms with Gasteiger partial charge in [-0.2, -0.15) is 0 Å². The second-order valence-electron chi connectivity index (χ2n) is 9.07. The van der Waals surface area contributed by atoms with Crippen LogP contribution in [0.4, 0.5) is 0 Å². The Morgan fingerprint density at radius 3 is 1.94 bits per heavy atom. The van der Waals surface area contributed by atoms with Crippen molar-refractivity contribution in [2.45, 2.75) is 19.4 Å². The minimum atomic E-state index is -0.0929. The topological polar surface area (TPSA) is 71.6 Å². The van der Waals surface area contributed by atoms with E-state index in [1.807, 2.05) is 15.9 Å². The highest BCUT2D eigenvalue weighted by Gasteiger charge is 2.32.